The van der Waals surface area contributed by atoms with E-state index >= 15 is 0 Å². The third-order valence-corrected chi connectivity index (χ3v) is 3.21. The summed E-state index contributed by atoms with van der Waals surface area (Å²) < 4.78 is 5.20. The highest BCUT2D eigenvalue weighted by Gasteiger charge is 2.23. The zero-order valence-corrected chi connectivity index (χ0v) is 13.6. The van der Waals surface area contributed by atoms with Gasteiger partial charge in [0.05, 0.1) is 18.4 Å². The number of carbonyl (C=O) groups excluding carboxylic acids is 2. The molecule has 1 aromatic carbocycles. The van der Waals surface area contributed by atoms with Gasteiger partial charge in [-0.05, 0) is 38.1 Å². The molecule has 0 radical (unpaired) electrons. The predicted molar refractivity (Wildman–Crippen MR) is 89.9 cm³/mol. The Morgan fingerprint density at radius 3 is 2.46 bits per heavy atom. The molecule has 3 N–H and O–H groups in total. The normalized spacial score (nSPS) is 11.9. The van der Waals surface area contributed by atoms with Gasteiger partial charge in [-0.3, -0.25) is 9.59 Å². The molecular formula is C18H20N2O4. The van der Waals surface area contributed by atoms with Gasteiger partial charge in [-0.1, -0.05) is 18.2 Å². The molecule has 1 heterocycles. The van der Waals surface area contributed by atoms with E-state index in [-0.39, 0.29) is 12.3 Å². The quantitative estimate of drug-likeness (QED) is 0.707. The van der Waals surface area contributed by atoms with E-state index in [0.29, 0.717) is 11.3 Å². The highest BCUT2D eigenvalue weighted by molar-refractivity contribution is 6.05. The Bertz CT molecular complexity index is 719. The fourth-order valence-electron chi connectivity index (χ4n) is 1.87. The van der Waals surface area contributed by atoms with Crippen LogP contribution in [0.5, 0.6) is 0 Å². The van der Waals surface area contributed by atoms with Gasteiger partial charge in [-0.2, -0.15) is 0 Å². The van der Waals surface area contributed by atoms with Gasteiger partial charge in [0.2, 0.25) is 0 Å². The maximum atomic E-state index is 12.5. The zero-order valence-electron chi connectivity index (χ0n) is 13.6. The molecule has 0 saturated carbocycles. The van der Waals surface area contributed by atoms with Crippen molar-refractivity contribution in [3.8, 4) is 0 Å². The van der Waals surface area contributed by atoms with E-state index in [9.17, 15) is 14.7 Å². The lowest BCUT2D eigenvalue weighted by molar-refractivity contribution is -0.119. The average Bonchev–Trinajstić information content (AvgIpc) is 3.07. The first-order valence-electron chi connectivity index (χ1n) is 7.46. The monoisotopic (exact) mass is 328 g/mol. The van der Waals surface area contributed by atoms with Gasteiger partial charge < -0.3 is 20.2 Å². The molecule has 0 unspecified atom stereocenters. The summed E-state index contributed by atoms with van der Waals surface area (Å²) in [5.74, 6) is -0.504. The van der Waals surface area contributed by atoms with Crippen LogP contribution in [0, 0.1) is 0 Å². The summed E-state index contributed by atoms with van der Waals surface area (Å²) >= 11 is 0. The molecule has 0 aliphatic rings. The van der Waals surface area contributed by atoms with Crippen LogP contribution >= 0.6 is 0 Å². The average molecular weight is 328 g/mol. The number of benzene rings is 1. The van der Waals surface area contributed by atoms with Gasteiger partial charge in [-0.15, -0.1) is 0 Å². The van der Waals surface area contributed by atoms with Crippen LogP contribution in [0.1, 0.15) is 30.0 Å². The van der Waals surface area contributed by atoms with Gasteiger partial charge in [0.15, 0.2) is 0 Å². The fourth-order valence-corrected chi connectivity index (χ4v) is 1.87. The Morgan fingerprint density at radius 1 is 1.17 bits per heavy atom. The number of amides is 2. The van der Waals surface area contributed by atoms with Crippen molar-refractivity contribution >= 4 is 17.9 Å². The molecular weight excluding hydrogens is 308 g/mol. The first-order chi connectivity index (χ1) is 11.4. The van der Waals surface area contributed by atoms with Gasteiger partial charge in [0.25, 0.3) is 11.8 Å². The first kappa shape index (κ1) is 17.5. The van der Waals surface area contributed by atoms with Crippen LogP contribution in [-0.2, 0) is 4.79 Å². The molecule has 0 bridgehead atoms. The molecule has 0 fully saturated rings. The van der Waals surface area contributed by atoms with Crippen molar-refractivity contribution in [3.63, 3.8) is 0 Å². The zero-order chi connectivity index (χ0) is 17.6. The second-order valence-electron chi connectivity index (χ2n) is 5.89. The second-order valence-corrected chi connectivity index (χ2v) is 5.89. The molecule has 0 atom stereocenters. The van der Waals surface area contributed by atoms with Crippen LogP contribution in [-0.4, -0.2) is 29.1 Å². The van der Waals surface area contributed by atoms with Crippen molar-refractivity contribution in [2.45, 2.75) is 19.4 Å². The molecule has 6 nitrogen and oxygen atoms in total. The maximum Gasteiger partial charge on any atom is 0.268 e. The van der Waals surface area contributed by atoms with Crippen molar-refractivity contribution in [1.82, 2.24) is 10.6 Å². The summed E-state index contributed by atoms with van der Waals surface area (Å²) in [7, 11) is 0. The second kappa shape index (κ2) is 7.61. The van der Waals surface area contributed by atoms with Crippen molar-refractivity contribution in [2.75, 3.05) is 6.61 Å². The minimum absolute atomic E-state index is 0.0281. The summed E-state index contributed by atoms with van der Waals surface area (Å²) in [5, 5.41) is 14.5. The highest BCUT2D eigenvalue weighted by Crippen LogP contribution is 2.09. The third-order valence-electron chi connectivity index (χ3n) is 3.21. The van der Waals surface area contributed by atoms with Crippen LogP contribution in [0.25, 0.3) is 6.08 Å². The predicted octanol–water partition coefficient (Wildman–Crippen LogP) is 1.94. The first-order valence-corrected chi connectivity index (χ1v) is 7.46. The molecule has 2 amide bonds. The summed E-state index contributed by atoms with van der Waals surface area (Å²) in [6.45, 7) is 3.11. The Hall–Kier alpha value is -2.86. The largest absolute Gasteiger partial charge is 0.465 e. The van der Waals surface area contributed by atoms with E-state index < -0.39 is 17.4 Å². The SMILES string of the molecule is CC(C)(CO)NC(=O)/C(=C/c1ccco1)NC(=O)c1ccccc1. The summed E-state index contributed by atoms with van der Waals surface area (Å²) in [5.41, 5.74) is -0.367. The fraction of sp³-hybridized carbons (Fsp3) is 0.222. The molecule has 0 aliphatic carbocycles. The van der Waals surface area contributed by atoms with Gasteiger partial charge in [0.1, 0.15) is 11.5 Å². The number of aliphatic hydroxyl groups is 1. The Kier molecular flexibility index (Phi) is 5.55. The number of carbonyl (C=O) groups is 2. The summed E-state index contributed by atoms with van der Waals surface area (Å²) in [4.78, 5) is 24.8. The number of aliphatic hydroxyl groups excluding tert-OH is 1. The van der Waals surface area contributed by atoms with E-state index in [1.165, 1.54) is 12.3 Å². The third kappa shape index (κ3) is 4.82. The minimum atomic E-state index is -0.823. The van der Waals surface area contributed by atoms with Crippen LogP contribution in [0.3, 0.4) is 0 Å². The molecule has 2 aromatic rings. The number of hydrogen-bond acceptors (Lipinski definition) is 4. The molecule has 6 heteroatoms. The minimum Gasteiger partial charge on any atom is -0.465 e. The molecule has 0 spiro atoms. The maximum absolute atomic E-state index is 12.5. The number of rotatable bonds is 6. The molecule has 0 saturated heterocycles. The number of nitrogens with one attached hydrogen (secondary N) is 2. The molecule has 2 rings (SSSR count). The standard InChI is InChI=1S/C18H20N2O4/c1-18(2,12-21)20-17(23)15(11-14-9-6-10-24-14)19-16(22)13-7-4-3-5-8-13/h3-11,21H,12H2,1-2H3,(H,19,22)(H,20,23)/b15-11-. The lowest BCUT2D eigenvalue weighted by atomic mass is 10.1. The van der Waals surface area contributed by atoms with Crippen LogP contribution < -0.4 is 10.6 Å². The lowest BCUT2D eigenvalue weighted by Crippen LogP contribution is -2.48. The van der Waals surface area contributed by atoms with E-state index in [4.69, 9.17) is 4.42 Å². The van der Waals surface area contributed by atoms with Gasteiger partial charge in [-0.25, -0.2) is 0 Å². The van der Waals surface area contributed by atoms with Crippen molar-refractivity contribution in [2.24, 2.45) is 0 Å². The Balaban J connectivity index is 2.24. The van der Waals surface area contributed by atoms with E-state index in [2.05, 4.69) is 10.6 Å². The topological polar surface area (TPSA) is 91.6 Å². The molecule has 24 heavy (non-hydrogen) atoms. The molecule has 0 aliphatic heterocycles. The van der Waals surface area contributed by atoms with Gasteiger partial charge >= 0.3 is 0 Å². The lowest BCUT2D eigenvalue weighted by Gasteiger charge is -2.24. The van der Waals surface area contributed by atoms with Gasteiger partial charge in [0, 0.05) is 11.6 Å². The summed E-state index contributed by atoms with van der Waals surface area (Å²) in [6.07, 6.45) is 2.90. The Labute approximate surface area is 140 Å². The van der Waals surface area contributed by atoms with E-state index in [1.54, 1.807) is 56.3 Å². The van der Waals surface area contributed by atoms with E-state index in [0.717, 1.165) is 0 Å². The van der Waals surface area contributed by atoms with Crippen LogP contribution in [0.4, 0.5) is 0 Å². The summed E-state index contributed by atoms with van der Waals surface area (Å²) in [6, 6.07) is 11.9. The smallest absolute Gasteiger partial charge is 0.268 e. The molecule has 1 aromatic heterocycles. The highest BCUT2D eigenvalue weighted by atomic mass is 16.3. The van der Waals surface area contributed by atoms with Crippen molar-refractivity contribution in [1.29, 1.82) is 0 Å². The van der Waals surface area contributed by atoms with Crippen LogP contribution in [0.15, 0.2) is 58.8 Å². The number of furan rings is 1. The number of hydrogen-bond donors (Lipinski definition) is 3. The molecule has 126 valence electrons. The van der Waals surface area contributed by atoms with Crippen molar-refractivity contribution < 1.29 is 19.1 Å². The van der Waals surface area contributed by atoms with Crippen LogP contribution in [0.2, 0.25) is 0 Å². The van der Waals surface area contributed by atoms with Crippen molar-refractivity contribution in [3.05, 3.63) is 65.7 Å². The van der Waals surface area contributed by atoms with E-state index in [1.807, 2.05) is 0 Å². The Morgan fingerprint density at radius 2 is 1.88 bits per heavy atom.